The molecule has 1 aromatic heterocycles. The second-order valence-corrected chi connectivity index (χ2v) is 4.22. The third-order valence-electron chi connectivity index (χ3n) is 3.04. The Morgan fingerprint density at radius 2 is 2.25 bits per heavy atom. The number of hydrogen-bond donors (Lipinski definition) is 2. The fraction of sp³-hybridized carbons (Fsp3) is 0.583. The highest BCUT2D eigenvalue weighted by Crippen LogP contribution is 2.09. The second-order valence-electron chi connectivity index (χ2n) is 4.22. The molecule has 1 atom stereocenters. The van der Waals surface area contributed by atoms with Crippen LogP contribution in [0.4, 0.5) is 0 Å². The molecule has 1 saturated heterocycles. The molecule has 2 heterocycles. The molecule has 4 nitrogen and oxygen atoms in total. The van der Waals surface area contributed by atoms with Gasteiger partial charge in [-0.25, -0.2) is 0 Å². The van der Waals surface area contributed by atoms with Gasteiger partial charge in [-0.3, -0.25) is 9.88 Å². The van der Waals surface area contributed by atoms with E-state index >= 15 is 0 Å². The van der Waals surface area contributed by atoms with Gasteiger partial charge in [0.1, 0.15) is 0 Å². The van der Waals surface area contributed by atoms with Crippen molar-refractivity contribution in [3.8, 4) is 0 Å². The largest absolute Gasteiger partial charge is 0.395 e. The predicted molar refractivity (Wildman–Crippen MR) is 63.0 cm³/mol. The maximum atomic E-state index is 9.37. The van der Waals surface area contributed by atoms with Gasteiger partial charge in [0.25, 0.3) is 0 Å². The van der Waals surface area contributed by atoms with Crippen LogP contribution in [0, 0.1) is 0 Å². The molecule has 0 aliphatic carbocycles. The van der Waals surface area contributed by atoms with Crippen LogP contribution in [0.1, 0.15) is 12.0 Å². The maximum Gasteiger partial charge on any atom is 0.0599 e. The van der Waals surface area contributed by atoms with Gasteiger partial charge in [0, 0.05) is 38.1 Å². The Hall–Kier alpha value is -0.970. The molecule has 1 aromatic rings. The van der Waals surface area contributed by atoms with Gasteiger partial charge in [0.2, 0.25) is 0 Å². The standard InChI is InChI=1S/C12H19N3O/c16-10-12-8-14-4-1-7-15(12)9-11-2-5-13-6-3-11/h2-3,5-6,12,14,16H,1,4,7-10H2. The molecule has 0 aromatic carbocycles. The van der Waals surface area contributed by atoms with Crippen LogP contribution in [0.2, 0.25) is 0 Å². The van der Waals surface area contributed by atoms with E-state index in [0.717, 1.165) is 32.6 Å². The van der Waals surface area contributed by atoms with Crippen molar-refractivity contribution in [1.82, 2.24) is 15.2 Å². The molecular weight excluding hydrogens is 202 g/mol. The number of hydrogen-bond acceptors (Lipinski definition) is 4. The van der Waals surface area contributed by atoms with E-state index in [1.807, 2.05) is 24.5 Å². The molecule has 1 aliphatic rings. The van der Waals surface area contributed by atoms with Crippen molar-refractivity contribution in [1.29, 1.82) is 0 Å². The van der Waals surface area contributed by atoms with Gasteiger partial charge in [-0.1, -0.05) is 0 Å². The van der Waals surface area contributed by atoms with Gasteiger partial charge >= 0.3 is 0 Å². The summed E-state index contributed by atoms with van der Waals surface area (Å²) in [6.07, 6.45) is 4.78. The topological polar surface area (TPSA) is 48.4 Å². The molecule has 1 unspecified atom stereocenters. The van der Waals surface area contributed by atoms with E-state index in [1.54, 1.807) is 0 Å². The number of aliphatic hydroxyl groups is 1. The molecule has 16 heavy (non-hydrogen) atoms. The average Bonchev–Trinajstić information content (AvgIpc) is 2.55. The van der Waals surface area contributed by atoms with Crippen molar-refractivity contribution in [3.05, 3.63) is 30.1 Å². The van der Waals surface area contributed by atoms with Crippen LogP contribution >= 0.6 is 0 Å². The first-order valence-corrected chi connectivity index (χ1v) is 5.84. The van der Waals surface area contributed by atoms with Crippen LogP contribution in [-0.4, -0.2) is 47.3 Å². The van der Waals surface area contributed by atoms with Crippen molar-refractivity contribution in [2.75, 3.05) is 26.2 Å². The maximum absolute atomic E-state index is 9.37. The summed E-state index contributed by atoms with van der Waals surface area (Å²) in [6.45, 7) is 4.08. The lowest BCUT2D eigenvalue weighted by Crippen LogP contribution is -2.41. The molecule has 2 rings (SSSR count). The highest BCUT2D eigenvalue weighted by atomic mass is 16.3. The lowest BCUT2D eigenvalue weighted by Gasteiger charge is -2.28. The molecular formula is C12H19N3O. The zero-order chi connectivity index (χ0) is 11.2. The molecule has 0 amide bonds. The summed E-state index contributed by atoms with van der Waals surface area (Å²) in [4.78, 5) is 6.36. The van der Waals surface area contributed by atoms with Crippen LogP contribution in [0.3, 0.4) is 0 Å². The van der Waals surface area contributed by atoms with Gasteiger partial charge in [-0.2, -0.15) is 0 Å². The number of pyridine rings is 1. The third kappa shape index (κ3) is 3.01. The fourth-order valence-electron chi connectivity index (χ4n) is 2.10. The fourth-order valence-corrected chi connectivity index (χ4v) is 2.10. The molecule has 0 bridgehead atoms. The van der Waals surface area contributed by atoms with Crippen molar-refractivity contribution in [3.63, 3.8) is 0 Å². The minimum absolute atomic E-state index is 0.220. The van der Waals surface area contributed by atoms with Crippen LogP contribution in [-0.2, 0) is 6.54 Å². The van der Waals surface area contributed by atoms with E-state index in [4.69, 9.17) is 0 Å². The molecule has 1 fully saturated rings. The Labute approximate surface area is 96.3 Å². The molecule has 0 radical (unpaired) electrons. The van der Waals surface area contributed by atoms with E-state index in [9.17, 15) is 5.11 Å². The SMILES string of the molecule is OCC1CNCCCN1Cc1ccncc1. The molecule has 1 aliphatic heterocycles. The zero-order valence-electron chi connectivity index (χ0n) is 9.47. The number of aromatic nitrogens is 1. The molecule has 88 valence electrons. The highest BCUT2D eigenvalue weighted by Gasteiger charge is 2.19. The van der Waals surface area contributed by atoms with Crippen molar-refractivity contribution in [2.45, 2.75) is 19.0 Å². The molecule has 0 saturated carbocycles. The Bertz CT molecular complexity index is 304. The van der Waals surface area contributed by atoms with Crippen LogP contribution in [0.25, 0.3) is 0 Å². The summed E-state index contributed by atoms with van der Waals surface area (Å²) < 4.78 is 0. The third-order valence-corrected chi connectivity index (χ3v) is 3.04. The van der Waals surface area contributed by atoms with Crippen molar-refractivity contribution in [2.24, 2.45) is 0 Å². The first-order valence-electron chi connectivity index (χ1n) is 5.84. The lowest BCUT2D eigenvalue weighted by molar-refractivity contribution is 0.126. The van der Waals surface area contributed by atoms with Gasteiger partial charge < -0.3 is 10.4 Å². The Kier molecular flexibility index (Phi) is 4.27. The van der Waals surface area contributed by atoms with Crippen molar-refractivity contribution >= 4 is 0 Å². The summed E-state index contributed by atoms with van der Waals surface area (Å²) in [6, 6.07) is 4.30. The summed E-state index contributed by atoms with van der Waals surface area (Å²) in [5.74, 6) is 0. The summed E-state index contributed by atoms with van der Waals surface area (Å²) in [5, 5.41) is 12.7. The minimum atomic E-state index is 0.220. The Balaban J connectivity index is 2.00. The number of nitrogens with zero attached hydrogens (tertiary/aromatic N) is 2. The highest BCUT2D eigenvalue weighted by molar-refractivity contribution is 5.09. The summed E-state index contributed by atoms with van der Waals surface area (Å²) in [7, 11) is 0. The smallest absolute Gasteiger partial charge is 0.0599 e. The zero-order valence-corrected chi connectivity index (χ0v) is 9.47. The summed E-state index contributed by atoms with van der Waals surface area (Å²) in [5.41, 5.74) is 1.26. The van der Waals surface area contributed by atoms with Crippen molar-refractivity contribution < 1.29 is 5.11 Å². The van der Waals surface area contributed by atoms with E-state index in [0.29, 0.717) is 0 Å². The minimum Gasteiger partial charge on any atom is -0.395 e. The van der Waals surface area contributed by atoms with Gasteiger partial charge in [-0.05, 0) is 30.7 Å². The predicted octanol–water partition coefficient (Wildman–Crippen LogP) is 0.238. The normalized spacial score (nSPS) is 22.9. The first kappa shape index (κ1) is 11.5. The first-order chi connectivity index (χ1) is 7.90. The van der Waals surface area contributed by atoms with Gasteiger partial charge in [0.05, 0.1) is 6.61 Å². The number of rotatable bonds is 3. The van der Waals surface area contributed by atoms with Crippen LogP contribution in [0.5, 0.6) is 0 Å². The van der Waals surface area contributed by atoms with Gasteiger partial charge in [0.15, 0.2) is 0 Å². The second kappa shape index (κ2) is 5.94. The molecule has 4 heteroatoms. The van der Waals surface area contributed by atoms with Gasteiger partial charge in [-0.15, -0.1) is 0 Å². The average molecular weight is 221 g/mol. The monoisotopic (exact) mass is 221 g/mol. The molecule has 0 spiro atoms. The van der Waals surface area contributed by atoms with Crippen LogP contribution < -0.4 is 5.32 Å². The Morgan fingerprint density at radius 1 is 1.44 bits per heavy atom. The van der Waals surface area contributed by atoms with Crippen LogP contribution in [0.15, 0.2) is 24.5 Å². The van der Waals surface area contributed by atoms with E-state index in [1.165, 1.54) is 5.56 Å². The summed E-state index contributed by atoms with van der Waals surface area (Å²) >= 11 is 0. The quantitative estimate of drug-likeness (QED) is 0.767. The number of nitrogens with one attached hydrogen (secondary N) is 1. The van der Waals surface area contributed by atoms with E-state index in [2.05, 4.69) is 15.2 Å². The van der Waals surface area contributed by atoms with E-state index in [-0.39, 0.29) is 12.6 Å². The lowest BCUT2D eigenvalue weighted by atomic mass is 10.2. The molecule has 2 N–H and O–H groups in total. The number of aliphatic hydroxyl groups excluding tert-OH is 1. The Morgan fingerprint density at radius 3 is 3.00 bits per heavy atom. The van der Waals surface area contributed by atoms with E-state index < -0.39 is 0 Å².